The second-order valence-corrected chi connectivity index (χ2v) is 2.89. The van der Waals surface area contributed by atoms with Gasteiger partial charge in [0, 0.05) is 12.0 Å². The van der Waals surface area contributed by atoms with E-state index in [1.165, 1.54) is 12.8 Å². The molecule has 0 amide bonds. The summed E-state index contributed by atoms with van der Waals surface area (Å²) < 4.78 is 0. The van der Waals surface area contributed by atoms with Gasteiger partial charge in [0.2, 0.25) is 0 Å². The van der Waals surface area contributed by atoms with Gasteiger partial charge in [0.25, 0.3) is 0 Å². The number of rotatable bonds is 2. The molecule has 1 fully saturated rings. The third kappa shape index (κ3) is 1.29. The molecule has 0 spiro atoms. The quantitative estimate of drug-likeness (QED) is 0.383. The Bertz CT molecular complexity index is 133. The SMILES string of the molecule is CN[C@H]1CCC[C@@H]1C(=N)N. The van der Waals surface area contributed by atoms with Crippen molar-refractivity contribution < 1.29 is 0 Å². The van der Waals surface area contributed by atoms with Crippen molar-refractivity contribution in [2.45, 2.75) is 25.3 Å². The fourth-order valence-electron chi connectivity index (χ4n) is 1.68. The van der Waals surface area contributed by atoms with E-state index in [0.717, 1.165) is 6.42 Å². The van der Waals surface area contributed by atoms with Crippen LogP contribution >= 0.6 is 0 Å². The van der Waals surface area contributed by atoms with Gasteiger partial charge in [0.1, 0.15) is 0 Å². The van der Waals surface area contributed by atoms with Gasteiger partial charge in [-0.15, -0.1) is 0 Å². The summed E-state index contributed by atoms with van der Waals surface area (Å²) in [5, 5.41) is 10.4. The topological polar surface area (TPSA) is 61.9 Å². The molecular weight excluding hydrogens is 126 g/mol. The standard InChI is InChI=1S/C7H15N3/c1-10-6-4-2-3-5(6)7(8)9/h5-6,10H,2-4H2,1H3,(H3,8,9)/t5-,6-/m0/s1. The maximum Gasteiger partial charge on any atom is 0.0952 e. The Morgan fingerprint density at radius 2 is 2.30 bits per heavy atom. The highest BCUT2D eigenvalue weighted by Crippen LogP contribution is 2.24. The molecule has 1 aliphatic rings. The molecule has 3 heteroatoms. The molecule has 0 unspecified atom stereocenters. The van der Waals surface area contributed by atoms with Crippen LogP contribution in [0.15, 0.2) is 0 Å². The van der Waals surface area contributed by atoms with E-state index in [9.17, 15) is 0 Å². The molecule has 1 saturated carbocycles. The molecule has 0 aromatic rings. The second-order valence-electron chi connectivity index (χ2n) is 2.89. The molecule has 4 N–H and O–H groups in total. The molecular formula is C7H15N3. The number of hydrogen-bond acceptors (Lipinski definition) is 2. The van der Waals surface area contributed by atoms with Gasteiger partial charge >= 0.3 is 0 Å². The fourth-order valence-corrected chi connectivity index (χ4v) is 1.68. The van der Waals surface area contributed by atoms with Crippen molar-refractivity contribution in [2.24, 2.45) is 11.7 Å². The number of nitrogens with two attached hydrogens (primary N) is 1. The number of amidine groups is 1. The molecule has 1 aliphatic carbocycles. The van der Waals surface area contributed by atoms with Gasteiger partial charge in [-0.05, 0) is 19.9 Å². The smallest absolute Gasteiger partial charge is 0.0952 e. The predicted molar refractivity (Wildman–Crippen MR) is 42.1 cm³/mol. The summed E-state index contributed by atoms with van der Waals surface area (Å²) in [4.78, 5) is 0. The zero-order chi connectivity index (χ0) is 7.56. The molecule has 58 valence electrons. The molecule has 0 radical (unpaired) electrons. The molecule has 0 aromatic heterocycles. The van der Waals surface area contributed by atoms with Gasteiger partial charge in [-0.2, -0.15) is 0 Å². The molecule has 0 aliphatic heterocycles. The first-order valence-corrected chi connectivity index (χ1v) is 3.77. The Morgan fingerprint density at radius 1 is 1.60 bits per heavy atom. The van der Waals surface area contributed by atoms with Crippen LogP contribution in [0.5, 0.6) is 0 Å². The summed E-state index contributed by atoms with van der Waals surface area (Å²) in [5.74, 6) is 0.641. The summed E-state index contributed by atoms with van der Waals surface area (Å²) in [6.45, 7) is 0. The van der Waals surface area contributed by atoms with E-state index in [1.54, 1.807) is 0 Å². The van der Waals surface area contributed by atoms with E-state index in [2.05, 4.69) is 5.32 Å². The average molecular weight is 141 g/mol. The lowest BCUT2D eigenvalue weighted by atomic mass is 10.0. The largest absolute Gasteiger partial charge is 0.387 e. The van der Waals surface area contributed by atoms with Crippen molar-refractivity contribution in [1.82, 2.24) is 5.32 Å². The van der Waals surface area contributed by atoms with Crippen LogP contribution in [0.1, 0.15) is 19.3 Å². The van der Waals surface area contributed by atoms with Crippen molar-refractivity contribution >= 4 is 5.84 Å². The molecule has 2 atom stereocenters. The minimum Gasteiger partial charge on any atom is -0.387 e. The molecule has 0 bridgehead atoms. The summed E-state index contributed by atoms with van der Waals surface area (Å²) in [5.41, 5.74) is 5.41. The van der Waals surface area contributed by atoms with Crippen molar-refractivity contribution in [1.29, 1.82) is 5.41 Å². The molecule has 3 nitrogen and oxygen atoms in total. The first-order chi connectivity index (χ1) is 4.75. The molecule has 0 saturated heterocycles. The van der Waals surface area contributed by atoms with E-state index in [1.807, 2.05) is 7.05 Å². The summed E-state index contributed by atoms with van der Waals surface area (Å²) in [6.07, 6.45) is 3.46. The van der Waals surface area contributed by atoms with Crippen LogP contribution in [0.4, 0.5) is 0 Å². The van der Waals surface area contributed by atoms with Gasteiger partial charge in [-0.1, -0.05) is 6.42 Å². The molecule has 10 heavy (non-hydrogen) atoms. The van der Waals surface area contributed by atoms with Gasteiger partial charge in [0.15, 0.2) is 0 Å². The van der Waals surface area contributed by atoms with Gasteiger partial charge in [0.05, 0.1) is 5.84 Å². The zero-order valence-electron chi connectivity index (χ0n) is 6.35. The summed E-state index contributed by atoms with van der Waals surface area (Å²) in [7, 11) is 1.94. The maximum atomic E-state index is 7.26. The van der Waals surface area contributed by atoms with Crippen LogP contribution in [-0.2, 0) is 0 Å². The Kier molecular flexibility index (Phi) is 2.27. The lowest BCUT2D eigenvalue weighted by molar-refractivity contribution is 0.516. The Labute approximate surface area is 61.5 Å². The van der Waals surface area contributed by atoms with Crippen molar-refractivity contribution in [2.75, 3.05) is 7.05 Å². The van der Waals surface area contributed by atoms with Crippen LogP contribution in [-0.4, -0.2) is 18.9 Å². The van der Waals surface area contributed by atoms with Crippen LogP contribution in [0.25, 0.3) is 0 Å². The van der Waals surface area contributed by atoms with Crippen LogP contribution < -0.4 is 11.1 Å². The first-order valence-electron chi connectivity index (χ1n) is 3.77. The van der Waals surface area contributed by atoms with Crippen LogP contribution in [0.2, 0.25) is 0 Å². The number of hydrogen-bond donors (Lipinski definition) is 3. The van der Waals surface area contributed by atoms with E-state index in [0.29, 0.717) is 17.8 Å². The second kappa shape index (κ2) is 3.01. The first kappa shape index (κ1) is 7.54. The van der Waals surface area contributed by atoms with Crippen molar-refractivity contribution in [3.8, 4) is 0 Å². The lowest BCUT2D eigenvalue weighted by Crippen LogP contribution is -2.36. The molecule has 0 heterocycles. The van der Waals surface area contributed by atoms with Crippen molar-refractivity contribution in [3.05, 3.63) is 0 Å². The van der Waals surface area contributed by atoms with Gasteiger partial charge in [-0.3, -0.25) is 5.41 Å². The van der Waals surface area contributed by atoms with E-state index in [-0.39, 0.29) is 0 Å². The highest BCUT2D eigenvalue weighted by atomic mass is 14.9. The highest BCUT2D eigenvalue weighted by molar-refractivity contribution is 5.80. The lowest BCUT2D eigenvalue weighted by Gasteiger charge is -2.16. The van der Waals surface area contributed by atoms with E-state index in [4.69, 9.17) is 11.1 Å². The summed E-state index contributed by atoms with van der Waals surface area (Å²) >= 11 is 0. The van der Waals surface area contributed by atoms with Crippen LogP contribution in [0.3, 0.4) is 0 Å². The van der Waals surface area contributed by atoms with E-state index < -0.39 is 0 Å². The zero-order valence-corrected chi connectivity index (χ0v) is 6.35. The third-order valence-electron chi connectivity index (χ3n) is 2.29. The van der Waals surface area contributed by atoms with Gasteiger partial charge < -0.3 is 11.1 Å². The number of nitrogens with one attached hydrogen (secondary N) is 2. The van der Waals surface area contributed by atoms with E-state index >= 15 is 0 Å². The predicted octanol–water partition coefficient (Wildman–Crippen LogP) is 0.310. The maximum absolute atomic E-state index is 7.26. The Morgan fingerprint density at radius 3 is 2.70 bits per heavy atom. The minimum absolute atomic E-state index is 0.296. The molecule has 0 aromatic carbocycles. The summed E-state index contributed by atoms with van der Waals surface area (Å²) in [6, 6.07) is 0.456. The monoisotopic (exact) mass is 141 g/mol. The Balaban J connectivity index is 2.50. The van der Waals surface area contributed by atoms with Gasteiger partial charge in [-0.25, -0.2) is 0 Å². The van der Waals surface area contributed by atoms with Crippen molar-refractivity contribution in [3.63, 3.8) is 0 Å². The van der Waals surface area contributed by atoms with Crippen LogP contribution in [0, 0.1) is 11.3 Å². The fraction of sp³-hybridized carbons (Fsp3) is 0.857. The molecule has 1 rings (SSSR count). The average Bonchev–Trinajstić information content (AvgIpc) is 2.33. The third-order valence-corrected chi connectivity index (χ3v) is 2.29. The Hall–Kier alpha value is -0.570. The minimum atomic E-state index is 0.296. The highest BCUT2D eigenvalue weighted by Gasteiger charge is 2.27. The normalized spacial score (nSPS) is 32.5.